The third-order valence-corrected chi connectivity index (χ3v) is 3.75. The summed E-state index contributed by atoms with van der Waals surface area (Å²) in [5.74, 6) is 4.16. The van der Waals surface area contributed by atoms with Crippen LogP contribution in [0.1, 0.15) is 24.9 Å². The lowest BCUT2D eigenvalue weighted by Gasteiger charge is -2.21. The maximum Gasteiger partial charge on any atom is 0.175 e. The predicted molar refractivity (Wildman–Crippen MR) is 83.0 cm³/mol. The minimum absolute atomic E-state index is 0.0190. The van der Waals surface area contributed by atoms with Crippen LogP contribution in [0.25, 0.3) is 0 Å². The number of benzene rings is 1. The van der Waals surface area contributed by atoms with Crippen LogP contribution in [0.5, 0.6) is 11.5 Å². The first-order valence-corrected chi connectivity index (χ1v) is 7.46. The molecule has 1 aliphatic rings. The lowest BCUT2D eigenvalue weighted by atomic mass is 10.1. The molecular weight excluding hydrogens is 320 g/mol. The summed E-state index contributed by atoms with van der Waals surface area (Å²) in [5.41, 5.74) is 6.88. The van der Waals surface area contributed by atoms with Gasteiger partial charge in [0.1, 0.15) is 0 Å². The summed E-state index contributed by atoms with van der Waals surface area (Å²) in [4.78, 5) is 0. The number of halogens is 1. The number of fused-ring (bicyclic) bond motifs is 1. The largest absolute Gasteiger partial charge is 0.490 e. The van der Waals surface area contributed by atoms with E-state index in [0.717, 1.165) is 28.0 Å². The molecule has 1 aromatic rings. The Morgan fingerprint density at radius 3 is 2.90 bits per heavy atom. The minimum Gasteiger partial charge on any atom is -0.490 e. The topological polar surface area (TPSA) is 56.5 Å². The number of hydrogen-bond acceptors (Lipinski definition) is 4. The molecule has 0 bridgehead atoms. The molecule has 0 aliphatic carbocycles. The normalized spacial score (nSPS) is 16.9. The first-order valence-electron chi connectivity index (χ1n) is 6.67. The average Bonchev–Trinajstić information content (AvgIpc) is 2.70. The second-order valence-electron chi connectivity index (χ2n) is 4.72. The highest BCUT2D eigenvalue weighted by Crippen LogP contribution is 2.39. The molecule has 2 unspecified atom stereocenters. The first-order chi connectivity index (χ1) is 9.65. The summed E-state index contributed by atoms with van der Waals surface area (Å²) >= 11 is 3.53. The monoisotopic (exact) mass is 338 g/mol. The van der Waals surface area contributed by atoms with Crippen LogP contribution in [0.3, 0.4) is 0 Å². The van der Waals surface area contributed by atoms with Crippen LogP contribution in [0.2, 0.25) is 0 Å². The number of hydrogen-bond donors (Lipinski definition) is 2. The lowest BCUT2D eigenvalue weighted by Crippen LogP contribution is -2.34. The third kappa shape index (κ3) is 3.45. The molecule has 0 radical (unpaired) electrons. The van der Waals surface area contributed by atoms with E-state index in [4.69, 9.17) is 21.6 Å². The van der Waals surface area contributed by atoms with Gasteiger partial charge in [-0.2, -0.15) is 0 Å². The molecule has 0 spiro atoms. The van der Waals surface area contributed by atoms with Crippen LogP contribution < -0.4 is 20.5 Å². The fourth-order valence-electron chi connectivity index (χ4n) is 2.10. The van der Waals surface area contributed by atoms with Gasteiger partial charge in [-0.15, -0.1) is 6.42 Å². The molecule has 0 saturated heterocycles. The second kappa shape index (κ2) is 6.98. The smallest absolute Gasteiger partial charge is 0.175 e. The lowest BCUT2D eigenvalue weighted by molar-refractivity contribution is 0.296. The van der Waals surface area contributed by atoms with Gasteiger partial charge >= 0.3 is 0 Å². The van der Waals surface area contributed by atoms with Crippen molar-refractivity contribution in [2.75, 3.05) is 19.8 Å². The number of ether oxygens (including phenoxy) is 2. The maximum atomic E-state index is 5.85. The van der Waals surface area contributed by atoms with Crippen LogP contribution in [0.15, 0.2) is 16.6 Å². The molecular formula is C15H19BrN2O2. The molecule has 1 aliphatic heterocycles. The highest BCUT2D eigenvalue weighted by atomic mass is 79.9. The van der Waals surface area contributed by atoms with Gasteiger partial charge in [0.25, 0.3) is 0 Å². The van der Waals surface area contributed by atoms with E-state index in [0.29, 0.717) is 19.8 Å². The van der Waals surface area contributed by atoms with Crippen LogP contribution in [0, 0.1) is 12.3 Å². The second-order valence-corrected chi connectivity index (χ2v) is 5.58. The fourth-order valence-corrected chi connectivity index (χ4v) is 2.68. The van der Waals surface area contributed by atoms with Gasteiger partial charge in [-0.3, -0.25) is 5.32 Å². The van der Waals surface area contributed by atoms with Gasteiger partial charge in [-0.25, -0.2) is 0 Å². The van der Waals surface area contributed by atoms with E-state index in [1.807, 2.05) is 19.1 Å². The van der Waals surface area contributed by atoms with Crippen molar-refractivity contribution in [3.8, 4) is 23.8 Å². The van der Waals surface area contributed by atoms with E-state index in [1.54, 1.807) is 0 Å². The van der Waals surface area contributed by atoms with Gasteiger partial charge in [-0.05, 0) is 40.5 Å². The standard InChI is InChI=1S/C15H19BrN2O2/c1-3-10(2)18-13(9-17)11-7-12(16)15-14(8-11)19-5-4-6-20-15/h1,7-8,10,13,18H,4-6,9,17H2,2H3. The van der Waals surface area contributed by atoms with Crippen molar-refractivity contribution in [2.45, 2.75) is 25.4 Å². The molecule has 1 heterocycles. The van der Waals surface area contributed by atoms with Gasteiger partial charge in [0.05, 0.1) is 23.7 Å². The number of nitrogens with two attached hydrogens (primary N) is 1. The van der Waals surface area contributed by atoms with Crippen molar-refractivity contribution >= 4 is 15.9 Å². The zero-order valence-corrected chi connectivity index (χ0v) is 13.1. The molecule has 2 rings (SSSR count). The van der Waals surface area contributed by atoms with E-state index < -0.39 is 0 Å². The van der Waals surface area contributed by atoms with E-state index in [-0.39, 0.29) is 12.1 Å². The summed E-state index contributed by atoms with van der Waals surface area (Å²) in [7, 11) is 0. The molecule has 0 fully saturated rings. The molecule has 20 heavy (non-hydrogen) atoms. The summed E-state index contributed by atoms with van der Waals surface area (Å²) in [5, 5.41) is 3.30. The Balaban J connectivity index is 2.30. The fraction of sp³-hybridized carbons (Fsp3) is 0.467. The summed E-state index contributed by atoms with van der Waals surface area (Å²) in [6.07, 6.45) is 6.29. The van der Waals surface area contributed by atoms with E-state index in [1.165, 1.54) is 0 Å². The SMILES string of the molecule is C#CC(C)NC(CN)c1cc(Br)c2c(c1)OCCCO2. The quantitative estimate of drug-likeness (QED) is 0.826. The van der Waals surface area contributed by atoms with Crippen molar-refractivity contribution in [3.63, 3.8) is 0 Å². The van der Waals surface area contributed by atoms with Crippen molar-refractivity contribution in [1.82, 2.24) is 5.32 Å². The Kier molecular flexibility index (Phi) is 5.30. The van der Waals surface area contributed by atoms with Crippen LogP contribution in [-0.2, 0) is 0 Å². The van der Waals surface area contributed by atoms with E-state index >= 15 is 0 Å². The van der Waals surface area contributed by atoms with E-state index in [9.17, 15) is 0 Å². The van der Waals surface area contributed by atoms with Crippen molar-refractivity contribution in [2.24, 2.45) is 5.73 Å². The van der Waals surface area contributed by atoms with Gasteiger partial charge in [-0.1, -0.05) is 5.92 Å². The number of terminal acetylenes is 1. The predicted octanol–water partition coefficient (Wildman–Crippen LogP) is 2.22. The van der Waals surface area contributed by atoms with Crippen LogP contribution in [0.4, 0.5) is 0 Å². The van der Waals surface area contributed by atoms with E-state index in [2.05, 4.69) is 27.2 Å². The van der Waals surface area contributed by atoms with Gasteiger partial charge in [0.15, 0.2) is 11.5 Å². The van der Waals surface area contributed by atoms with Gasteiger partial charge in [0.2, 0.25) is 0 Å². The minimum atomic E-state index is -0.0432. The Labute approximate surface area is 128 Å². The highest BCUT2D eigenvalue weighted by Gasteiger charge is 2.19. The third-order valence-electron chi connectivity index (χ3n) is 3.16. The molecule has 0 amide bonds. The Hall–Kier alpha value is -1.22. The Morgan fingerprint density at radius 1 is 1.45 bits per heavy atom. The Bertz CT molecular complexity index is 513. The number of nitrogens with one attached hydrogen (secondary N) is 1. The zero-order chi connectivity index (χ0) is 14.5. The van der Waals surface area contributed by atoms with Gasteiger partial charge < -0.3 is 15.2 Å². The molecule has 0 saturated carbocycles. The molecule has 5 heteroatoms. The summed E-state index contributed by atoms with van der Waals surface area (Å²) < 4.78 is 12.3. The molecule has 2 atom stereocenters. The van der Waals surface area contributed by atoms with Crippen molar-refractivity contribution < 1.29 is 9.47 Å². The summed E-state index contributed by atoms with van der Waals surface area (Å²) in [6, 6.07) is 3.91. The van der Waals surface area contributed by atoms with Crippen molar-refractivity contribution in [3.05, 3.63) is 22.2 Å². The highest BCUT2D eigenvalue weighted by molar-refractivity contribution is 9.10. The zero-order valence-electron chi connectivity index (χ0n) is 11.5. The molecule has 3 N–H and O–H groups in total. The molecule has 108 valence electrons. The molecule has 0 aromatic heterocycles. The first kappa shape index (κ1) is 15.2. The van der Waals surface area contributed by atoms with Crippen molar-refractivity contribution in [1.29, 1.82) is 0 Å². The molecule has 1 aromatic carbocycles. The van der Waals surface area contributed by atoms with Crippen LogP contribution >= 0.6 is 15.9 Å². The summed E-state index contributed by atoms with van der Waals surface area (Å²) in [6.45, 7) is 3.71. The van der Waals surface area contributed by atoms with Gasteiger partial charge in [0, 0.05) is 19.0 Å². The van der Waals surface area contributed by atoms with Crippen LogP contribution in [-0.4, -0.2) is 25.8 Å². The number of rotatable bonds is 4. The maximum absolute atomic E-state index is 5.85. The average molecular weight is 339 g/mol. The Morgan fingerprint density at radius 2 is 2.20 bits per heavy atom. The molecule has 4 nitrogen and oxygen atoms in total.